The van der Waals surface area contributed by atoms with E-state index in [9.17, 15) is 0 Å². The van der Waals surface area contributed by atoms with Gasteiger partial charge in [0.2, 0.25) is 0 Å². The molecular weight excluding hydrogens is 182 g/mol. The summed E-state index contributed by atoms with van der Waals surface area (Å²) in [5.74, 6) is 0. The van der Waals surface area contributed by atoms with Crippen LogP contribution in [0.4, 0.5) is 0 Å². The SMILES string of the molecule is C=C(C)CNCc1ccccc1.Cl. The Labute approximate surface area is 86.3 Å². The van der Waals surface area contributed by atoms with Crippen molar-refractivity contribution >= 4 is 12.4 Å². The molecule has 13 heavy (non-hydrogen) atoms. The van der Waals surface area contributed by atoms with Crippen molar-refractivity contribution in [2.24, 2.45) is 0 Å². The van der Waals surface area contributed by atoms with E-state index in [1.54, 1.807) is 0 Å². The first-order valence-corrected chi connectivity index (χ1v) is 4.18. The van der Waals surface area contributed by atoms with Crippen LogP contribution < -0.4 is 5.32 Å². The fourth-order valence-electron chi connectivity index (χ4n) is 1.02. The number of hydrogen-bond acceptors (Lipinski definition) is 1. The molecule has 0 heterocycles. The predicted molar refractivity (Wildman–Crippen MR) is 60.2 cm³/mol. The lowest BCUT2D eigenvalue weighted by Crippen LogP contribution is -2.14. The lowest BCUT2D eigenvalue weighted by Gasteiger charge is -2.03. The van der Waals surface area contributed by atoms with Crippen LogP contribution in [0.15, 0.2) is 42.5 Å². The molecule has 0 radical (unpaired) electrons. The third kappa shape index (κ3) is 5.45. The van der Waals surface area contributed by atoms with E-state index in [0.717, 1.165) is 13.1 Å². The molecule has 1 aromatic rings. The summed E-state index contributed by atoms with van der Waals surface area (Å²) in [6.45, 7) is 7.67. The summed E-state index contributed by atoms with van der Waals surface area (Å²) in [5.41, 5.74) is 2.49. The number of nitrogens with one attached hydrogen (secondary N) is 1. The van der Waals surface area contributed by atoms with E-state index in [1.165, 1.54) is 11.1 Å². The van der Waals surface area contributed by atoms with Crippen LogP contribution in [-0.2, 0) is 6.54 Å². The third-order valence-corrected chi connectivity index (χ3v) is 1.60. The van der Waals surface area contributed by atoms with Crippen molar-refractivity contribution < 1.29 is 0 Å². The zero-order valence-corrected chi connectivity index (χ0v) is 8.73. The van der Waals surface area contributed by atoms with E-state index in [2.05, 4.69) is 36.2 Å². The van der Waals surface area contributed by atoms with Crippen LogP contribution in [-0.4, -0.2) is 6.54 Å². The van der Waals surface area contributed by atoms with E-state index in [4.69, 9.17) is 0 Å². The topological polar surface area (TPSA) is 12.0 Å². The van der Waals surface area contributed by atoms with Gasteiger partial charge in [0.05, 0.1) is 0 Å². The van der Waals surface area contributed by atoms with Gasteiger partial charge < -0.3 is 5.32 Å². The molecule has 72 valence electrons. The van der Waals surface area contributed by atoms with Crippen molar-refractivity contribution in [3.05, 3.63) is 48.0 Å². The highest BCUT2D eigenvalue weighted by Crippen LogP contribution is 1.97. The van der Waals surface area contributed by atoms with Crippen molar-refractivity contribution in [3.63, 3.8) is 0 Å². The second-order valence-corrected chi connectivity index (χ2v) is 3.05. The van der Waals surface area contributed by atoms with Gasteiger partial charge >= 0.3 is 0 Å². The summed E-state index contributed by atoms with van der Waals surface area (Å²) in [5, 5.41) is 3.30. The zero-order valence-electron chi connectivity index (χ0n) is 7.92. The van der Waals surface area contributed by atoms with Crippen LogP contribution in [0.1, 0.15) is 12.5 Å². The van der Waals surface area contributed by atoms with Crippen LogP contribution in [0, 0.1) is 0 Å². The summed E-state index contributed by atoms with van der Waals surface area (Å²) in [7, 11) is 0. The lowest BCUT2D eigenvalue weighted by molar-refractivity contribution is 0.741. The normalized spacial score (nSPS) is 9.00. The van der Waals surface area contributed by atoms with Gasteiger partial charge in [-0.05, 0) is 12.5 Å². The molecule has 0 unspecified atom stereocenters. The Balaban J connectivity index is 0.00000144. The van der Waals surface area contributed by atoms with Gasteiger partial charge in [0, 0.05) is 13.1 Å². The van der Waals surface area contributed by atoms with E-state index < -0.39 is 0 Å². The van der Waals surface area contributed by atoms with Gasteiger partial charge in [-0.3, -0.25) is 0 Å². The second-order valence-electron chi connectivity index (χ2n) is 3.05. The molecule has 0 aromatic heterocycles. The summed E-state index contributed by atoms with van der Waals surface area (Å²) in [6.07, 6.45) is 0. The molecule has 0 aliphatic carbocycles. The molecular formula is C11H16ClN. The number of benzene rings is 1. The van der Waals surface area contributed by atoms with Crippen molar-refractivity contribution in [3.8, 4) is 0 Å². The minimum absolute atomic E-state index is 0. The zero-order chi connectivity index (χ0) is 8.81. The molecule has 0 atom stereocenters. The van der Waals surface area contributed by atoms with Crippen molar-refractivity contribution in [1.29, 1.82) is 0 Å². The molecule has 0 saturated heterocycles. The second kappa shape index (κ2) is 6.70. The fourth-order valence-corrected chi connectivity index (χ4v) is 1.02. The first-order valence-electron chi connectivity index (χ1n) is 4.18. The highest BCUT2D eigenvalue weighted by molar-refractivity contribution is 5.85. The summed E-state index contributed by atoms with van der Waals surface area (Å²) in [6, 6.07) is 10.4. The van der Waals surface area contributed by atoms with Crippen LogP contribution in [0.3, 0.4) is 0 Å². The van der Waals surface area contributed by atoms with Crippen LogP contribution in [0.2, 0.25) is 0 Å². The summed E-state index contributed by atoms with van der Waals surface area (Å²) < 4.78 is 0. The molecule has 2 heteroatoms. The van der Waals surface area contributed by atoms with E-state index >= 15 is 0 Å². The Morgan fingerprint density at radius 3 is 2.46 bits per heavy atom. The molecule has 1 N–H and O–H groups in total. The minimum atomic E-state index is 0. The van der Waals surface area contributed by atoms with Gasteiger partial charge in [0.25, 0.3) is 0 Å². The van der Waals surface area contributed by atoms with E-state index in [1.807, 2.05) is 13.0 Å². The quantitative estimate of drug-likeness (QED) is 0.733. The standard InChI is InChI=1S/C11H15N.ClH/c1-10(2)8-12-9-11-6-4-3-5-7-11;/h3-7,12H,1,8-9H2,2H3;1H. The average molecular weight is 198 g/mol. The number of hydrogen-bond donors (Lipinski definition) is 1. The Morgan fingerprint density at radius 1 is 1.31 bits per heavy atom. The van der Waals surface area contributed by atoms with Crippen LogP contribution in [0.25, 0.3) is 0 Å². The average Bonchev–Trinajstić information content (AvgIpc) is 2.05. The first-order chi connectivity index (χ1) is 5.79. The van der Waals surface area contributed by atoms with Gasteiger partial charge in [-0.25, -0.2) is 0 Å². The largest absolute Gasteiger partial charge is 0.309 e. The van der Waals surface area contributed by atoms with Crippen LogP contribution >= 0.6 is 12.4 Å². The maximum atomic E-state index is 3.82. The lowest BCUT2D eigenvalue weighted by atomic mass is 10.2. The highest BCUT2D eigenvalue weighted by Gasteiger charge is 1.89. The van der Waals surface area contributed by atoms with Gasteiger partial charge in [-0.15, -0.1) is 12.4 Å². The van der Waals surface area contributed by atoms with Gasteiger partial charge in [0.1, 0.15) is 0 Å². The van der Waals surface area contributed by atoms with Crippen molar-refractivity contribution in [2.45, 2.75) is 13.5 Å². The van der Waals surface area contributed by atoms with Crippen LogP contribution in [0.5, 0.6) is 0 Å². The molecule has 0 bridgehead atoms. The summed E-state index contributed by atoms with van der Waals surface area (Å²) >= 11 is 0. The highest BCUT2D eigenvalue weighted by atomic mass is 35.5. The Kier molecular flexibility index (Phi) is 6.29. The van der Waals surface area contributed by atoms with Gasteiger partial charge in [-0.1, -0.05) is 42.5 Å². The van der Waals surface area contributed by atoms with E-state index in [0.29, 0.717) is 0 Å². The number of rotatable bonds is 4. The number of halogens is 1. The predicted octanol–water partition coefficient (Wildman–Crippen LogP) is 2.77. The van der Waals surface area contributed by atoms with E-state index in [-0.39, 0.29) is 12.4 Å². The Hall–Kier alpha value is -0.790. The fraction of sp³-hybridized carbons (Fsp3) is 0.273. The maximum absolute atomic E-state index is 3.82. The molecule has 0 fully saturated rings. The molecule has 0 aliphatic heterocycles. The smallest absolute Gasteiger partial charge is 0.0208 e. The monoisotopic (exact) mass is 197 g/mol. The van der Waals surface area contributed by atoms with Crippen molar-refractivity contribution in [2.75, 3.05) is 6.54 Å². The minimum Gasteiger partial charge on any atom is -0.309 e. The summed E-state index contributed by atoms with van der Waals surface area (Å²) in [4.78, 5) is 0. The van der Waals surface area contributed by atoms with Gasteiger partial charge in [-0.2, -0.15) is 0 Å². The Bertz CT molecular complexity index is 244. The third-order valence-electron chi connectivity index (χ3n) is 1.60. The maximum Gasteiger partial charge on any atom is 0.0208 e. The molecule has 1 aromatic carbocycles. The molecule has 1 nitrogen and oxygen atoms in total. The first kappa shape index (κ1) is 12.2. The molecule has 0 saturated carbocycles. The molecule has 0 amide bonds. The molecule has 0 aliphatic rings. The van der Waals surface area contributed by atoms with Crippen molar-refractivity contribution in [1.82, 2.24) is 5.32 Å². The molecule has 1 rings (SSSR count). The Morgan fingerprint density at radius 2 is 1.92 bits per heavy atom. The molecule has 0 spiro atoms. The van der Waals surface area contributed by atoms with Gasteiger partial charge in [0.15, 0.2) is 0 Å².